The second-order valence-electron chi connectivity index (χ2n) is 7.11. The fraction of sp³-hybridized carbons (Fsp3) is 0.318. The molecule has 2 unspecified atom stereocenters. The van der Waals surface area contributed by atoms with E-state index in [0.29, 0.717) is 12.4 Å². The normalized spacial score (nSPS) is 16.6. The van der Waals surface area contributed by atoms with E-state index >= 15 is 0 Å². The molecular formula is C22H24N4O3. The van der Waals surface area contributed by atoms with Crippen LogP contribution in [0.4, 0.5) is 0 Å². The van der Waals surface area contributed by atoms with Crippen molar-refractivity contribution in [1.82, 2.24) is 19.9 Å². The summed E-state index contributed by atoms with van der Waals surface area (Å²) < 4.78 is 13.5. The lowest BCUT2D eigenvalue weighted by Gasteiger charge is -2.11. The highest BCUT2D eigenvalue weighted by molar-refractivity contribution is 5.92. The minimum Gasteiger partial charge on any atom is -0.493 e. The topological polar surface area (TPSA) is 77.8 Å². The molecule has 2 atom stereocenters. The number of amides is 1. The molecule has 7 heteroatoms. The van der Waals surface area contributed by atoms with Crippen molar-refractivity contribution in [2.45, 2.75) is 39.3 Å². The van der Waals surface area contributed by atoms with Crippen LogP contribution >= 0.6 is 0 Å². The molecule has 4 rings (SSSR count). The number of carbonyl (C=O) groups is 1. The Labute approximate surface area is 169 Å². The van der Waals surface area contributed by atoms with Crippen LogP contribution in [0.2, 0.25) is 0 Å². The SMILES string of the molecule is CCOc1cc2c(cc1/C=C/C(=O)NC(C)c1nnc3ccccn13)OC(C)C2. The van der Waals surface area contributed by atoms with E-state index in [-0.39, 0.29) is 18.1 Å². The molecule has 3 heterocycles. The van der Waals surface area contributed by atoms with Gasteiger partial charge in [-0.05, 0) is 51.1 Å². The van der Waals surface area contributed by atoms with Gasteiger partial charge in [0.2, 0.25) is 5.91 Å². The van der Waals surface area contributed by atoms with Crippen LogP contribution in [0.3, 0.4) is 0 Å². The Morgan fingerprint density at radius 3 is 3.10 bits per heavy atom. The highest BCUT2D eigenvalue weighted by Crippen LogP contribution is 2.35. The van der Waals surface area contributed by atoms with Gasteiger partial charge in [0.05, 0.1) is 12.6 Å². The van der Waals surface area contributed by atoms with Crippen molar-refractivity contribution in [2.24, 2.45) is 0 Å². The lowest BCUT2D eigenvalue weighted by Crippen LogP contribution is -2.26. The first kappa shape index (κ1) is 19.0. The molecular weight excluding hydrogens is 368 g/mol. The van der Waals surface area contributed by atoms with Crippen LogP contribution in [0.1, 0.15) is 43.8 Å². The first-order valence-corrected chi connectivity index (χ1v) is 9.79. The van der Waals surface area contributed by atoms with Crippen molar-refractivity contribution < 1.29 is 14.3 Å². The highest BCUT2D eigenvalue weighted by atomic mass is 16.5. The zero-order valence-corrected chi connectivity index (χ0v) is 16.8. The van der Waals surface area contributed by atoms with E-state index in [9.17, 15) is 4.79 Å². The fourth-order valence-corrected chi connectivity index (χ4v) is 3.51. The summed E-state index contributed by atoms with van der Waals surface area (Å²) in [5, 5.41) is 11.2. The number of benzene rings is 1. The Hall–Kier alpha value is -3.35. The van der Waals surface area contributed by atoms with Gasteiger partial charge in [-0.15, -0.1) is 10.2 Å². The van der Waals surface area contributed by atoms with Crippen molar-refractivity contribution in [3.05, 3.63) is 59.6 Å². The van der Waals surface area contributed by atoms with Gasteiger partial charge < -0.3 is 14.8 Å². The number of carbonyl (C=O) groups excluding carboxylic acids is 1. The molecule has 7 nitrogen and oxygen atoms in total. The molecule has 1 amide bonds. The lowest BCUT2D eigenvalue weighted by atomic mass is 10.1. The molecule has 0 fully saturated rings. The van der Waals surface area contributed by atoms with Crippen molar-refractivity contribution in [2.75, 3.05) is 6.61 Å². The maximum absolute atomic E-state index is 12.5. The average Bonchev–Trinajstić information content (AvgIpc) is 3.28. The van der Waals surface area contributed by atoms with Crippen LogP contribution in [0.5, 0.6) is 11.5 Å². The molecule has 29 heavy (non-hydrogen) atoms. The van der Waals surface area contributed by atoms with E-state index in [2.05, 4.69) is 15.5 Å². The Balaban J connectivity index is 1.50. The smallest absolute Gasteiger partial charge is 0.244 e. The molecule has 0 bridgehead atoms. The molecule has 1 aromatic carbocycles. The van der Waals surface area contributed by atoms with Crippen LogP contribution in [0, 0.1) is 0 Å². The number of nitrogens with one attached hydrogen (secondary N) is 1. The molecule has 0 radical (unpaired) electrons. The third-order valence-corrected chi connectivity index (χ3v) is 4.83. The summed E-state index contributed by atoms with van der Waals surface area (Å²) in [5.41, 5.74) is 2.69. The van der Waals surface area contributed by atoms with E-state index in [1.165, 1.54) is 6.08 Å². The number of nitrogens with zero attached hydrogens (tertiary/aromatic N) is 3. The van der Waals surface area contributed by atoms with Gasteiger partial charge in [0.15, 0.2) is 11.5 Å². The number of fused-ring (bicyclic) bond motifs is 2. The zero-order valence-electron chi connectivity index (χ0n) is 16.8. The molecule has 0 saturated heterocycles. The van der Waals surface area contributed by atoms with Crippen LogP contribution < -0.4 is 14.8 Å². The maximum Gasteiger partial charge on any atom is 0.244 e. The van der Waals surface area contributed by atoms with Gasteiger partial charge in [-0.2, -0.15) is 0 Å². The van der Waals surface area contributed by atoms with E-state index in [4.69, 9.17) is 9.47 Å². The van der Waals surface area contributed by atoms with E-state index in [1.54, 1.807) is 6.08 Å². The number of rotatable bonds is 6. The van der Waals surface area contributed by atoms with E-state index in [0.717, 1.165) is 34.7 Å². The van der Waals surface area contributed by atoms with Gasteiger partial charge >= 0.3 is 0 Å². The first-order chi connectivity index (χ1) is 14.0. The Morgan fingerprint density at radius 1 is 1.41 bits per heavy atom. The van der Waals surface area contributed by atoms with Gasteiger partial charge in [-0.25, -0.2) is 0 Å². The van der Waals surface area contributed by atoms with Crippen LogP contribution in [0.15, 0.2) is 42.6 Å². The van der Waals surface area contributed by atoms with Crippen LogP contribution in [-0.2, 0) is 11.2 Å². The molecule has 0 spiro atoms. The van der Waals surface area contributed by atoms with Crippen molar-refractivity contribution in [1.29, 1.82) is 0 Å². The van der Waals surface area contributed by atoms with Gasteiger partial charge in [0, 0.05) is 29.8 Å². The summed E-state index contributed by atoms with van der Waals surface area (Å²) in [7, 11) is 0. The third-order valence-electron chi connectivity index (χ3n) is 4.83. The summed E-state index contributed by atoms with van der Waals surface area (Å²) in [6.07, 6.45) is 6.15. The van der Waals surface area contributed by atoms with Gasteiger partial charge in [0.25, 0.3) is 0 Å². The molecule has 1 aliphatic rings. The Kier molecular flexibility index (Phi) is 5.20. The van der Waals surface area contributed by atoms with Crippen molar-refractivity contribution in [3.63, 3.8) is 0 Å². The lowest BCUT2D eigenvalue weighted by molar-refractivity contribution is -0.117. The third kappa shape index (κ3) is 3.94. The molecule has 1 N–H and O–H groups in total. The van der Waals surface area contributed by atoms with Crippen molar-refractivity contribution in [3.8, 4) is 11.5 Å². The summed E-state index contributed by atoms with van der Waals surface area (Å²) >= 11 is 0. The van der Waals surface area contributed by atoms with Gasteiger partial charge in [0.1, 0.15) is 17.6 Å². The number of aromatic nitrogens is 3. The standard InChI is InChI=1S/C22H24N4O3/c1-4-28-18-13-17-11-14(2)29-19(17)12-16(18)8-9-21(27)23-15(3)22-25-24-20-7-5-6-10-26(20)22/h5-10,12-15H,4,11H2,1-3H3,(H,23,27)/b9-8+. The monoisotopic (exact) mass is 392 g/mol. The van der Waals surface area contributed by atoms with Crippen LogP contribution in [0.25, 0.3) is 11.7 Å². The largest absolute Gasteiger partial charge is 0.493 e. The summed E-state index contributed by atoms with van der Waals surface area (Å²) in [5.74, 6) is 2.06. The van der Waals surface area contributed by atoms with Gasteiger partial charge in [-0.3, -0.25) is 9.20 Å². The average molecular weight is 392 g/mol. The quantitative estimate of drug-likeness (QED) is 0.651. The molecule has 150 valence electrons. The second-order valence-corrected chi connectivity index (χ2v) is 7.11. The second kappa shape index (κ2) is 7.95. The summed E-state index contributed by atoms with van der Waals surface area (Å²) in [6.45, 7) is 6.42. The zero-order chi connectivity index (χ0) is 20.4. The summed E-state index contributed by atoms with van der Waals surface area (Å²) in [4.78, 5) is 12.5. The van der Waals surface area contributed by atoms with Gasteiger partial charge in [-0.1, -0.05) is 6.07 Å². The first-order valence-electron chi connectivity index (χ1n) is 9.79. The molecule has 3 aromatic rings. The fourth-order valence-electron chi connectivity index (χ4n) is 3.51. The Morgan fingerprint density at radius 2 is 2.28 bits per heavy atom. The van der Waals surface area contributed by atoms with Crippen LogP contribution in [-0.4, -0.2) is 33.2 Å². The number of ether oxygens (including phenoxy) is 2. The molecule has 1 aliphatic heterocycles. The number of pyridine rings is 1. The van der Waals surface area contributed by atoms with E-state index < -0.39 is 0 Å². The minimum atomic E-state index is -0.292. The predicted molar refractivity (Wildman–Crippen MR) is 110 cm³/mol. The maximum atomic E-state index is 12.5. The molecule has 2 aromatic heterocycles. The molecule has 0 saturated carbocycles. The minimum absolute atomic E-state index is 0.154. The number of hydrogen-bond donors (Lipinski definition) is 1. The predicted octanol–water partition coefficient (Wildman–Crippen LogP) is 3.34. The number of hydrogen-bond acceptors (Lipinski definition) is 5. The Bertz CT molecular complexity index is 1070. The summed E-state index contributed by atoms with van der Waals surface area (Å²) in [6, 6.07) is 9.32. The highest BCUT2D eigenvalue weighted by Gasteiger charge is 2.21. The van der Waals surface area contributed by atoms with Crippen molar-refractivity contribution >= 4 is 17.6 Å². The molecule has 0 aliphatic carbocycles. The van der Waals surface area contributed by atoms with E-state index in [1.807, 2.05) is 61.7 Å².